The Morgan fingerprint density at radius 2 is 1.30 bits per heavy atom. The molecule has 33 heavy (non-hydrogen) atoms. The van der Waals surface area contributed by atoms with Gasteiger partial charge in [-0.25, -0.2) is 0 Å². The number of methoxy groups -OCH3 is 1. The first-order valence-corrected chi connectivity index (χ1v) is 11.8. The second-order valence-electron chi connectivity index (χ2n) is 8.74. The van der Waals surface area contributed by atoms with Gasteiger partial charge in [-0.3, -0.25) is 14.6 Å². The van der Waals surface area contributed by atoms with Crippen molar-refractivity contribution in [1.29, 1.82) is 0 Å². The molecule has 170 valence electrons. The number of carbonyl (C=O) groups is 1. The van der Waals surface area contributed by atoms with Gasteiger partial charge in [0.15, 0.2) is 0 Å². The van der Waals surface area contributed by atoms with Crippen LogP contribution in [0.4, 0.5) is 17.1 Å². The van der Waals surface area contributed by atoms with E-state index in [0.717, 1.165) is 68.4 Å². The number of piperazine rings is 1. The highest BCUT2D eigenvalue weighted by Crippen LogP contribution is 2.36. The maximum absolute atomic E-state index is 13.6. The van der Waals surface area contributed by atoms with E-state index in [1.165, 1.54) is 11.1 Å². The van der Waals surface area contributed by atoms with Gasteiger partial charge in [0.2, 0.25) is 5.91 Å². The molecule has 0 aromatic heterocycles. The van der Waals surface area contributed by atoms with E-state index < -0.39 is 0 Å². The number of benzene rings is 3. The maximum Gasteiger partial charge on any atom is 0.232 e. The number of fused-ring (bicyclic) bond motifs is 2. The van der Waals surface area contributed by atoms with Crippen LogP contribution in [0, 0.1) is 0 Å². The minimum atomic E-state index is 0.170. The second kappa shape index (κ2) is 9.67. The summed E-state index contributed by atoms with van der Waals surface area (Å²) in [4.78, 5) is 20.3. The molecule has 0 bridgehead atoms. The van der Waals surface area contributed by atoms with Crippen LogP contribution in [0.2, 0.25) is 0 Å². The van der Waals surface area contributed by atoms with Crippen molar-refractivity contribution in [3.63, 3.8) is 0 Å². The molecule has 2 aliphatic heterocycles. The summed E-state index contributed by atoms with van der Waals surface area (Å²) in [6.45, 7) is 4.53. The van der Waals surface area contributed by atoms with Gasteiger partial charge in [0.05, 0.1) is 24.2 Å². The van der Waals surface area contributed by atoms with Crippen LogP contribution in [-0.4, -0.2) is 50.6 Å². The number of ether oxygens (including phenoxy) is 1. The highest BCUT2D eigenvalue weighted by molar-refractivity contribution is 6.02. The number of aryl methyl sites for hydroxylation is 2. The first-order chi connectivity index (χ1) is 16.2. The molecule has 1 saturated heterocycles. The van der Waals surface area contributed by atoms with Crippen molar-refractivity contribution in [3.8, 4) is 5.75 Å². The van der Waals surface area contributed by atoms with Crippen molar-refractivity contribution in [3.05, 3.63) is 83.9 Å². The summed E-state index contributed by atoms with van der Waals surface area (Å²) in [5, 5.41) is 0. The van der Waals surface area contributed by atoms with Crippen LogP contribution < -0.4 is 14.5 Å². The highest BCUT2D eigenvalue weighted by Gasteiger charge is 2.26. The lowest BCUT2D eigenvalue weighted by Crippen LogP contribution is -2.47. The molecule has 5 nitrogen and oxygen atoms in total. The van der Waals surface area contributed by atoms with Gasteiger partial charge in [-0.1, -0.05) is 48.5 Å². The molecule has 2 heterocycles. The molecule has 0 N–H and O–H groups in total. The molecule has 1 fully saturated rings. The summed E-state index contributed by atoms with van der Waals surface area (Å²) in [6.07, 6.45) is 2.43. The molecule has 5 heteroatoms. The number of anilines is 3. The van der Waals surface area contributed by atoms with Crippen LogP contribution in [-0.2, 0) is 17.6 Å². The van der Waals surface area contributed by atoms with Crippen LogP contribution in [0.15, 0.2) is 72.8 Å². The summed E-state index contributed by atoms with van der Waals surface area (Å²) < 4.78 is 5.53. The molecule has 5 rings (SSSR count). The van der Waals surface area contributed by atoms with Crippen molar-refractivity contribution in [1.82, 2.24) is 4.90 Å². The number of hydrogen-bond acceptors (Lipinski definition) is 4. The monoisotopic (exact) mass is 441 g/mol. The Morgan fingerprint density at radius 3 is 1.91 bits per heavy atom. The largest absolute Gasteiger partial charge is 0.495 e. The summed E-state index contributed by atoms with van der Waals surface area (Å²) in [6, 6.07) is 24.9. The normalized spacial score (nSPS) is 16.0. The van der Waals surface area contributed by atoms with Gasteiger partial charge in [-0.2, -0.15) is 0 Å². The molecule has 0 spiro atoms. The van der Waals surface area contributed by atoms with E-state index in [2.05, 4.69) is 58.3 Å². The standard InChI is InChI=1S/C28H31N3O2/c1-33-27-13-7-6-12-26(27)30-20-18-29(19-21-30)17-16-28(32)31-24-10-4-2-8-22(24)14-15-23-9-3-5-11-25(23)31/h2-13H,14-21H2,1H3. The van der Waals surface area contributed by atoms with Crippen LogP contribution in [0.5, 0.6) is 5.75 Å². The first kappa shape index (κ1) is 21.5. The highest BCUT2D eigenvalue weighted by atomic mass is 16.5. The number of amides is 1. The van der Waals surface area contributed by atoms with E-state index in [4.69, 9.17) is 4.74 Å². The SMILES string of the molecule is COc1ccccc1N1CCN(CCC(=O)N2c3ccccc3CCc3ccccc32)CC1. The molecule has 0 unspecified atom stereocenters. The fourth-order valence-electron chi connectivity index (χ4n) is 5.02. The zero-order valence-corrected chi connectivity index (χ0v) is 19.2. The molecule has 0 saturated carbocycles. The van der Waals surface area contributed by atoms with E-state index in [0.29, 0.717) is 6.42 Å². The molecule has 3 aromatic rings. The Labute approximate surface area is 196 Å². The number of rotatable bonds is 5. The Kier molecular flexibility index (Phi) is 6.31. The van der Waals surface area contributed by atoms with Crippen molar-refractivity contribution in [2.75, 3.05) is 49.6 Å². The molecule has 0 radical (unpaired) electrons. The predicted octanol–water partition coefficient (Wildman–Crippen LogP) is 4.67. The fourth-order valence-corrected chi connectivity index (χ4v) is 5.02. The quantitative estimate of drug-likeness (QED) is 0.577. The topological polar surface area (TPSA) is 36.0 Å². The Bertz CT molecular complexity index is 1070. The van der Waals surface area contributed by atoms with Crippen molar-refractivity contribution in [2.45, 2.75) is 19.3 Å². The van der Waals surface area contributed by atoms with E-state index >= 15 is 0 Å². The summed E-state index contributed by atoms with van der Waals surface area (Å²) in [5.41, 5.74) is 5.70. The molecule has 1 amide bonds. The zero-order valence-electron chi connectivity index (χ0n) is 19.2. The van der Waals surface area contributed by atoms with Crippen LogP contribution in [0.3, 0.4) is 0 Å². The van der Waals surface area contributed by atoms with Gasteiger partial charge in [0.1, 0.15) is 5.75 Å². The minimum absolute atomic E-state index is 0.170. The summed E-state index contributed by atoms with van der Waals surface area (Å²) in [7, 11) is 1.72. The average molecular weight is 442 g/mol. The van der Waals surface area contributed by atoms with Gasteiger partial charge >= 0.3 is 0 Å². The van der Waals surface area contributed by atoms with Crippen LogP contribution >= 0.6 is 0 Å². The third-order valence-corrected chi connectivity index (χ3v) is 6.82. The van der Waals surface area contributed by atoms with Gasteiger partial charge in [0, 0.05) is 39.1 Å². The van der Waals surface area contributed by atoms with Gasteiger partial charge in [0.25, 0.3) is 0 Å². The van der Waals surface area contributed by atoms with Gasteiger partial charge in [-0.15, -0.1) is 0 Å². The molecule has 0 atom stereocenters. The lowest BCUT2D eigenvalue weighted by molar-refractivity contribution is -0.118. The Hall–Kier alpha value is -3.31. The summed E-state index contributed by atoms with van der Waals surface area (Å²) >= 11 is 0. The van der Waals surface area contributed by atoms with E-state index in [1.54, 1.807) is 7.11 Å². The molecule has 2 aliphatic rings. The number of carbonyl (C=O) groups excluding carboxylic acids is 1. The average Bonchev–Trinajstić information content (AvgIpc) is 3.04. The van der Waals surface area contributed by atoms with Gasteiger partial charge < -0.3 is 9.64 Å². The predicted molar refractivity (Wildman–Crippen MR) is 134 cm³/mol. The lowest BCUT2D eigenvalue weighted by Gasteiger charge is -2.36. The summed E-state index contributed by atoms with van der Waals surface area (Å²) in [5.74, 6) is 1.09. The van der Waals surface area contributed by atoms with E-state index in [-0.39, 0.29) is 5.91 Å². The zero-order chi connectivity index (χ0) is 22.6. The number of para-hydroxylation sites is 4. The van der Waals surface area contributed by atoms with Crippen LogP contribution in [0.25, 0.3) is 0 Å². The molecular formula is C28H31N3O2. The fraction of sp³-hybridized carbons (Fsp3) is 0.321. The minimum Gasteiger partial charge on any atom is -0.495 e. The molecule has 0 aliphatic carbocycles. The van der Waals surface area contributed by atoms with E-state index in [9.17, 15) is 4.79 Å². The van der Waals surface area contributed by atoms with Crippen molar-refractivity contribution < 1.29 is 9.53 Å². The van der Waals surface area contributed by atoms with Crippen molar-refractivity contribution >= 4 is 23.0 Å². The second-order valence-corrected chi connectivity index (χ2v) is 8.74. The third-order valence-electron chi connectivity index (χ3n) is 6.82. The smallest absolute Gasteiger partial charge is 0.232 e. The Morgan fingerprint density at radius 1 is 0.758 bits per heavy atom. The molecule has 3 aromatic carbocycles. The third kappa shape index (κ3) is 4.46. The number of nitrogens with zero attached hydrogens (tertiary/aromatic N) is 3. The lowest BCUT2D eigenvalue weighted by atomic mass is 10.0. The maximum atomic E-state index is 13.6. The number of hydrogen-bond donors (Lipinski definition) is 0. The van der Waals surface area contributed by atoms with Gasteiger partial charge in [-0.05, 0) is 48.2 Å². The molecular weight excluding hydrogens is 410 g/mol. The van der Waals surface area contributed by atoms with Crippen molar-refractivity contribution in [2.24, 2.45) is 0 Å². The Balaban J connectivity index is 1.26. The van der Waals surface area contributed by atoms with E-state index in [1.807, 2.05) is 29.2 Å². The first-order valence-electron chi connectivity index (χ1n) is 11.8. The van der Waals surface area contributed by atoms with Crippen LogP contribution in [0.1, 0.15) is 17.5 Å².